The van der Waals surface area contributed by atoms with Crippen LogP contribution in [0.4, 0.5) is 27.6 Å². The van der Waals surface area contributed by atoms with E-state index in [9.17, 15) is 35.2 Å². The minimum Gasteiger partial charge on any atom is -0.320 e. The van der Waals surface area contributed by atoms with E-state index >= 15 is 0 Å². The summed E-state index contributed by atoms with van der Waals surface area (Å²) in [6.07, 6.45) is -2.66. The molecule has 2 saturated carbocycles. The van der Waals surface area contributed by atoms with Crippen LogP contribution in [0.2, 0.25) is 0 Å². The van der Waals surface area contributed by atoms with Crippen molar-refractivity contribution in [1.82, 2.24) is 14.8 Å². The van der Waals surface area contributed by atoms with Crippen molar-refractivity contribution in [3.05, 3.63) is 35.3 Å². The van der Waals surface area contributed by atoms with Gasteiger partial charge >= 0.3 is 6.18 Å². The van der Waals surface area contributed by atoms with Crippen molar-refractivity contribution in [2.24, 2.45) is 5.92 Å². The summed E-state index contributed by atoms with van der Waals surface area (Å²) in [5, 5.41) is 5.97. The first-order valence-electron chi connectivity index (χ1n) is 10.3. The Morgan fingerprint density at radius 3 is 2.52 bits per heavy atom. The van der Waals surface area contributed by atoms with Crippen LogP contribution < -0.4 is 5.32 Å². The molecule has 180 valence electrons. The fourth-order valence-corrected chi connectivity index (χ4v) is 4.68. The van der Waals surface area contributed by atoms with Crippen LogP contribution in [0.1, 0.15) is 59.8 Å². The molecule has 2 aromatic heterocycles. The number of anilines is 1. The number of alkyl halides is 5. The number of rotatable bonds is 6. The predicted octanol–water partition coefficient (Wildman–Crippen LogP) is 4.27. The lowest BCUT2D eigenvalue weighted by Gasteiger charge is -2.15. The number of carbonyl (C=O) groups excluding carboxylic acids is 1. The second kappa shape index (κ2) is 8.03. The number of hydrogen-bond donors (Lipinski definition) is 1. The van der Waals surface area contributed by atoms with E-state index in [-0.39, 0.29) is 35.8 Å². The van der Waals surface area contributed by atoms with Crippen molar-refractivity contribution < 1.29 is 35.2 Å². The first-order valence-corrected chi connectivity index (χ1v) is 12.2. The second-order valence-corrected chi connectivity index (χ2v) is 10.6. The van der Waals surface area contributed by atoms with Gasteiger partial charge in [0.2, 0.25) is 5.92 Å². The van der Waals surface area contributed by atoms with Crippen LogP contribution in [0.25, 0.3) is 0 Å². The van der Waals surface area contributed by atoms with Gasteiger partial charge in [-0.3, -0.25) is 9.48 Å². The molecule has 13 heteroatoms. The van der Waals surface area contributed by atoms with E-state index in [1.54, 1.807) is 0 Å². The molecule has 0 bridgehead atoms. The summed E-state index contributed by atoms with van der Waals surface area (Å²) in [6, 6.07) is 2.26. The van der Waals surface area contributed by atoms with Crippen LogP contribution in [0.3, 0.4) is 0 Å². The molecule has 0 aromatic carbocycles. The van der Waals surface area contributed by atoms with Crippen LogP contribution in [0, 0.1) is 5.92 Å². The Morgan fingerprint density at radius 2 is 1.97 bits per heavy atom. The quantitative estimate of drug-likeness (QED) is 0.608. The standard InChI is InChI=1S/C20H21F5N4O3S/c1-33(31,32)14-8-13(5-7-26-14)27-18(30)17-15(20(23,24)25)16(12-2-3-12)28-29(17)10-11-4-6-19(21,22)9-11/h5,7-8,11-12H,2-4,6,9-10H2,1H3,(H,26,27,30)/t11-/m1/s1. The molecular weight excluding hydrogens is 471 g/mol. The van der Waals surface area contributed by atoms with E-state index in [0.29, 0.717) is 12.8 Å². The minimum absolute atomic E-state index is 0.0725. The molecule has 1 amide bonds. The van der Waals surface area contributed by atoms with E-state index in [4.69, 9.17) is 0 Å². The molecule has 0 saturated heterocycles. The first-order chi connectivity index (χ1) is 15.2. The van der Waals surface area contributed by atoms with Gasteiger partial charge in [-0.25, -0.2) is 22.2 Å². The van der Waals surface area contributed by atoms with Gasteiger partial charge in [0.25, 0.3) is 5.91 Å². The van der Waals surface area contributed by atoms with E-state index in [1.165, 1.54) is 6.07 Å². The van der Waals surface area contributed by atoms with Gasteiger partial charge < -0.3 is 5.32 Å². The van der Waals surface area contributed by atoms with Crippen LogP contribution in [-0.2, 0) is 22.6 Å². The highest BCUT2D eigenvalue weighted by atomic mass is 32.2. The van der Waals surface area contributed by atoms with Crippen molar-refractivity contribution in [3.63, 3.8) is 0 Å². The highest BCUT2D eigenvalue weighted by Crippen LogP contribution is 2.47. The average molecular weight is 492 g/mol. The summed E-state index contributed by atoms with van der Waals surface area (Å²) in [6.45, 7) is -0.251. The van der Waals surface area contributed by atoms with Crippen molar-refractivity contribution in [1.29, 1.82) is 0 Å². The molecule has 0 radical (unpaired) electrons. The summed E-state index contributed by atoms with van der Waals surface area (Å²) in [7, 11) is -3.72. The zero-order chi connectivity index (χ0) is 24.2. The molecule has 4 rings (SSSR count). The van der Waals surface area contributed by atoms with E-state index in [1.807, 2.05) is 0 Å². The maximum atomic E-state index is 14.0. The van der Waals surface area contributed by atoms with Gasteiger partial charge in [-0.1, -0.05) is 0 Å². The number of carbonyl (C=O) groups is 1. The SMILES string of the molecule is CS(=O)(=O)c1cc(NC(=O)c2c(C(F)(F)F)c(C3CC3)nn2C[C@@H]2CCC(F)(F)C2)ccn1. The zero-order valence-electron chi connectivity index (χ0n) is 17.5. The van der Waals surface area contributed by atoms with Gasteiger partial charge in [0.15, 0.2) is 14.9 Å². The molecule has 2 aliphatic carbocycles. The van der Waals surface area contributed by atoms with E-state index in [0.717, 1.165) is 23.2 Å². The van der Waals surface area contributed by atoms with Crippen LogP contribution in [0.15, 0.2) is 23.4 Å². The Bertz CT molecular complexity index is 1190. The van der Waals surface area contributed by atoms with Crippen LogP contribution in [-0.4, -0.2) is 41.3 Å². The van der Waals surface area contributed by atoms with Crippen molar-refractivity contribution >= 4 is 21.4 Å². The Hall–Kier alpha value is -2.57. The van der Waals surface area contributed by atoms with Gasteiger partial charge in [0.05, 0.1) is 5.69 Å². The normalized spacial score (nSPS) is 20.7. The second-order valence-electron chi connectivity index (χ2n) is 8.64. The molecule has 2 aliphatic rings. The Kier molecular flexibility index (Phi) is 5.74. The van der Waals surface area contributed by atoms with E-state index in [2.05, 4.69) is 15.4 Å². The van der Waals surface area contributed by atoms with Crippen LogP contribution >= 0.6 is 0 Å². The number of hydrogen-bond acceptors (Lipinski definition) is 5. The lowest BCUT2D eigenvalue weighted by atomic mass is 10.1. The van der Waals surface area contributed by atoms with Crippen molar-refractivity contribution in [3.8, 4) is 0 Å². The maximum Gasteiger partial charge on any atom is 0.420 e. The molecule has 33 heavy (non-hydrogen) atoms. The molecule has 0 unspecified atom stereocenters. The summed E-state index contributed by atoms with van der Waals surface area (Å²) < 4.78 is 93.7. The monoisotopic (exact) mass is 492 g/mol. The Morgan fingerprint density at radius 1 is 1.27 bits per heavy atom. The fourth-order valence-electron chi connectivity index (χ4n) is 4.09. The lowest BCUT2D eigenvalue weighted by Crippen LogP contribution is -2.24. The molecule has 2 aromatic rings. The number of amides is 1. The third kappa shape index (κ3) is 5.17. The van der Waals surface area contributed by atoms with E-state index < -0.39 is 57.4 Å². The number of nitrogens with one attached hydrogen (secondary N) is 1. The van der Waals surface area contributed by atoms with Gasteiger partial charge in [0.1, 0.15) is 11.3 Å². The molecule has 1 atom stereocenters. The predicted molar refractivity (Wildman–Crippen MR) is 107 cm³/mol. The average Bonchev–Trinajstić information content (AvgIpc) is 3.37. The maximum absolute atomic E-state index is 14.0. The molecule has 0 spiro atoms. The molecule has 1 N–H and O–H groups in total. The molecule has 0 aliphatic heterocycles. The third-order valence-electron chi connectivity index (χ3n) is 5.75. The summed E-state index contributed by atoms with van der Waals surface area (Å²) >= 11 is 0. The molecule has 7 nitrogen and oxygen atoms in total. The van der Waals surface area contributed by atoms with Crippen LogP contribution in [0.5, 0.6) is 0 Å². The number of nitrogens with zero attached hydrogens (tertiary/aromatic N) is 3. The number of pyridine rings is 1. The van der Waals surface area contributed by atoms with Gasteiger partial charge in [-0.2, -0.15) is 18.3 Å². The highest BCUT2D eigenvalue weighted by Gasteiger charge is 2.47. The highest BCUT2D eigenvalue weighted by molar-refractivity contribution is 7.90. The molecular formula is C20H21F5N4O3S. The fraction of sp³-hybridized carbons (Fsp3) is 0.550. The Labute approximate surface area is 186 Å². The number of halogens is 5. The largest absolute Gasteiger partial charge is 0.420 e. The summed E-state index contributed by atoms with van der Waals surface area (Å²) in [5.74, 6) is -5.13. The molecule has 2 fully saturated rings. The van der Waals surface area contributed by atoms with Gasteiger partial charge in [-0.05, 0) is 37.3 Å². The van der Waals surface area contributed by atoms with Crippen molar-refractivity contribution in [2.45, 2.75) is 61.7 Å². The number of aromatic nitrogens is 3. The number of sulfone groups is 1. The zero-order valence-corrected chi connectivity index (χ0v) is 18.3. The van der Waals surface area contributed by atoms with Gasteiger partial charge in [-0.15, -0.1) is 0 Å². The Balaban J connectivity index is 1.73. The topological polar surface area (TPSA) is 94.0 Å². The third-order valence-corrected chi connectivity index (χ3v) is 6.73. The lowest BCUT2D eigenvalue weighted by molar-refractivity contribution is -0.138. The molecule has 2 heterocycles. The minimum atomic E-state index is -4.89. The first kappa shape index (κ1) is 23.6. The summed E-state index contributed by atoms with van der Waals surface area (Å²) in [4.78, 5) is 16.7. The van der Waals surface area contributed by atoms with Crippen molar-refractivity contribution in [2.75, 3.05) is 11.6 Å². The van der Waals surface area contributed by atoms with Gasteiger partial charge in [0, 0.05) is 43.4 Å². The smallest absolute Gasteiger partial charge is 0.320 e. The summed E-state index contributed by atoms with van der Waals surface area (Å²) in [5.41, 5.74) is -2.28.